The highest BCUT2D eigenvalue weighted by atomic mass is 16.6. The van der Waals surface area contributed by atoms with Gasteiger partial charge in [0.2, 0.25) is 0 Å². The number of piperazine rings is 1. The number of nitro benzene ring substituents is 1. The van der Waals surface area contributed by atoms with Crippen LogP contribution in [0.5, 0.6) is 0 Å². The Morgan fingerprint density at radius 2 is 1.89 bits per heavy atom. The maximum absolute atomic E-state index is 12.7. The van der Waals surface area contributed by atoms with Crippen LogP contribution >= 0.6 is 0 Å². The molecule has 10 heteroatoms. The lowest BCUT2D eigenvalue weighted by molar-refractivity contribution is -0.385. The van der Waals surface area contributed by atoms with Gasteiger partial charge in [-0.05, 0) is 6.07 Å². The average molecular weight is 367 g/mol. The number of para-hydroxylation sites is 1. The van der Waals surface area contributed by atoms with Crippen LogP contribution in [0.4, 0.5) is 11.5 Å². The first-order valence-corrected chi connectivity index (χ1v) is 8.46. The molecule has 3 aromatic rings. The predicted molar refractivity (Wildman–Crippen MR) is 97.5 cm³/mol. The second-order valence-electron chi connectivity index (χ2n) is 6.26. The molecule has 1 fully saturated rings. The lowest BCUT2D eigenvalue weighted by Gasteiger charge is -2.35. The summed E-state index contributed by atoms with van der Waals surface area (Å²) in [5.41, 5.74) is 0.698. The molecule has 1 aromatic carbocycles. The number of hydrogen-bond acceptors (Lipinski definition) is 7. The monoisotopic (exact) mass is 367 g/mol. The van der Waals surface area contributed by atoms with Gasteiger partial charge in [-0.2, -0.15) is 5.10 Å². The number of rotatable bonds is 3. The number of amides is 1. The SMILES string of the molecule is Cn1ncc2c(N3CCN(C(=O)c4ccccc4[N+](=O)[O-])CC3)ncnc21. The summed E-state index contributed by atoms with van der Waals surface area (Å²) in [5, 5.41) is 16.3. The number of fused-ring (bicyclic) bond motifs is 1. The van der Waals surface area contributed by atoms with Gasteiger partial charge in [0.1, 0.15) is 17.7 Å². The summed E-state index contributed by atoms with van der Waals surface area (Å²) in [6.07, 6.45) is 3.24. The minimum Gasteiger partial charge on any atom is -0.352 e. The summed E-state index contributed by atoms with van der Waals surface area (Å²) >= 11 is 0. The first kappa shape index (κ1) is 16.9. The van der Waals surface area contributed by atoms with Crippen molar-refractivity contribution in [3.63, 3.8) is 0 Å². The Bertz CT molecular complexity index is 1020. The Balaban J connectivity index is 1.52. The topological polar surface area (TPSA) is 110 Å². The van der Waals surface area contributed by atoms with Gasteiger partial charge in [0, 0.05) is 39.3 Å². The number of aromatic nitrogens is 4. The van der Waals surface area contributed by atoms with Crippen LogP contribution < -0.4 is 4.90 Å². The van der Waals surface area contributed by atoms with E-state index in [1.54, 1.807) is 27.9 Å². The highest BCUT2D eigenvalue weighted by Crippen LogP contribution is 2.25. The lowest BCUT2D eigenvalue weighted by atomic mass is 10.1. The summed E-state index contributed by atoms with van der Waals surface area (Å²) in [6.45, 7) is 2.06. The molecule has 4 rings (SSSR count). The fourth-order valence-electron chi connectivity index (χ4n) is 3.31. The molecule has 0 N–H and O–H groups in total. The Kier molecular flexibility index (Phi) is 4.15. The van der Waals surface area contributed by atoms with Crippen molar-refractivity contribution >= 4 is 28.4 Å². The van der Waals surface area contributed by atoms with Gasteiger partial charge in [-0.25, -0.2) is 9.97 Å². The van der Waals surface area contributed by atoms with Crippen molar-refractivity contribution in [1.29, 1.82) is 0 Å². The Labute approximate surface area is 154 Å². The van der Waals surface area contributed by atoms with E-state index in [1.165, 1.54) is 18.5 Å². The number of benzene rings is 1. The minimum atomic E-state index is -0.524. The molecule has 2 aromatic heterocycles. The van der Waals surface area contributed by atoms with Crippen LogP contribution in [0.15, 0.2) is 36.8 Å². The third-order valence-corrected chi connectivity index (χ3v) is 4.71. The summed E-state index contributed by atoms with van der Waals surface area (Å²) in [6, 6.07) is 6.04. The van der Waals surface area contributed by atoms with E-state index in [0.717, 1.165) is 16.9 Å². The van der Waals surface area contributed by atoms with E-state index in [9.17, 15) is 14.9 Å². The predicted octanol–water partition coefficient (Wildman–Crippen LogP) is 1.23. The first-order chi connectivity index (χ1) is 13.1. The zero-order valence-electron chi connectivity index (χ0n) is 14.6. The normalized spacial score (nSPS) is 14.6. The number of anilines is 1. The first-order valence-electron chi connectivity index (χ1n) is 8.46. The van der Waals surface area contributed by atoms with Crippen molar-refractivity contribution in [2.24, 2.45) is 7.05 Å². The maximum Gasteiger partial charge on any atom is 0.282 e. The van der Waals surface area contributed by atoms with Crippen LogP contribution in [0.2, 0.25) is 0 Å². The summed E-state index contributed by atoms with van der Waals surface area (Å²) in [4.78, 5) is 35.7. The van der Waals surface area contributed by atoms with Gasteiger partial charge >= 0.3 is 0 Å². The van der Waals surface area contributed by atoms with Crippen molar-refractivity contribution in [2.45, 2.75) is 0 Å². The third kappa shape index (κ3) is 2.94. The van der Waals surface area contributed by atoms with E-state index >= 15 is 0 Å². The van der Waals surface area contributed by atoms with Crippen molar-refractivity contribution in [3.8, 4) is 0 Å². The lowest BCUT2D eigenvalue weighted by Crippen LogP contribution is -2.49. The van der Waals surface area contributed by atoms with Crippen LogP contribution in [-0.4, -0.2) is 61.7 Å². The molecular formula is C17H17N7O3. The Morgan fingerprint density at radius 1 is 1.15 bits per heavy atom. The fraction of sp³-hybridized carbons (Fsp3) is 0.294. The number of carbonyl (C=O) groups excluding carboxylic acids is 1. The number of nitro groups is 1. The zero-order chi connectivity index (χ0) is 19.0. The van der Waals surface area contributed by atoms with Crippen LogP contribution in [0, 0.1) is 10.1 Å². The maximum atomic E-state index is 12.7. The van der Waals surface area contributed by atoms with Gasteiger partial charge in [0.25, 0.3) is 11.6 Å². The van der Waals surface area contributed by atoms with Gasteiger partial charge in [-0.15, -0.1) is 0 Å². The molecule has 0 bridgehead atoms. The smallest absolute Gasteiger partial charge is 0.282 e. The summed E-state index contributed by atoms with van der Waals surface area (Å²) < 4.78 is 1.69. The van der Waals surface area contributed by atoms with E-state index in [2.05, 4.69) is 20.0 Å². The molecule has 0 spiro atoms. The van der Waals surface area contributed by atoms with Gasteiger partial charge in [-0.3, -0.25) is 19.6 Å². The highest BCUT2D eigenvalue weighted by molar-refractivity contribution is 5.98. The van der Waals surface area contributed by atoms with Gasteiger partial charge in [-0.1, -0.05) is 12.1 Å². The van der Waals surface area contributed by atoms with E-state index in [4.69, 9.17) is 0 Å². The molecule has 1 aliphatic rings. The number of hydrogen-bond donors (Lipinski definition) is 0. The molecule has 1 aliphatic heterocycles. The second kappa shape index (κ2) is 6.63. The third-order valence-electron chi connectivity index (χ3n) is 4.71. The zero-order valence-corrected chi connectivity index (χ0v) is 14.6. The van der Waals surface area contributed by atoms with E-state index in [1.807, 2.05) is 7.05 Å². The van der Waals surface area contributed by atoms with Gasteiger partial charge < -0.3 is 9.80 Å². The number of carbonyl (C=O) groups is 1. The van der Waals surface area contributed by atoms with E-state index in [-0.39, 0.29) is 17.2 Å². The van der Waals surface area contributed by atoms with Crippen LogP contribution in [-0.2, 0) is 7.05 Å². The molecule has 138 valence electrons. The molecule has 0 atom stereocenters. The summed E-state index contributed by atoms with van der Waals surface area (Å²) in [7, 11) is 1.82. The molecule has 0 saturated carbocycles. The highest BCUT2D eigenvalue weighted by Gasteiger charge is 2.28. The molecule has 0 aliphatic carbocycles. The standard InChI is InChI=1S/C17H17N7O3/c1-21-15-13(10-20-21)16(19-11-18-15)22-6-8-23(9-7-22)17(25)12-4-2-3-5-14(12)24(26)27/h2-5,10-11H,6-9H2,1H3. The largest absolute Gasteiger partial charge is 0.352 e. The molecule has 0 unspecified atom stereocenters. The Hall–Kier alpha value is -3.56. The molecule has 27 heavy (non-hydrogen) atoms. The summed E-state index contributed by atoms with van der Waals surface area (Å²) in [5.74, 6) is 0.460. The molecule has 0 radical (unpaired) electrons. The molecule has 1 saturated heterocycles. The molecule has 3 heterocycles. The second-order valence-corrected chi connectivity index (χ2v) is 6.26. The van der Waals surface area contributed by atoms with Crippen LogP contribution in [0.25, 0.3) is 11.0 Å². The molecular weight excluding hydrogens is 350 g/mol. The quantitative estimate of drug-likeness (QED) is 0.506. The fourth-order valence-corrected chi connectivity index (χ4v) is 3.31. The van der Waals surface area contributed by atoms with Gasteiger partial charge in [0.05, 0.1) is 16.5 Å². The average Bonchev–Trinajstić information content (AvgIpc) is 3.09. The Morgan fingerprint density at radius 3 is 2.63 bits per heavy atom. The van der Waals surface area contributed by atoms with Crippen molar-refractivity contribution in [3.05, 3.63) is 52.5 Å². The van der Waals surface area contributed by atoms with Gasteiger partial charge in [0.15, 0.2) is 5.65 Å². The molecule has 10 nitrogen and oxygen atoms in total. The van der Waals surface area contributed by atoms with Crippen molar-refractivity contribution < 1.29 is 9.72 Å². The van der Waals surface area contributed by atoms with Crippen molar-refractivity contribution in [1.82, 2.24) is 24.6 Å². The molecule has 1 amide bonds. The van der Waals surface area contributed by atoms with Crippen LogP contribution in [0.1, 0.15) is 10.4 Å². The van der Waals surface area contributed by atoms with E-state index in [0.29, 0.717) is 26.2 Å². The minimum absolute atomic E-state index is 0.118. The van der Waals surface area contributed by atoms with Crippen molar-refractivity contribution in [2.75, 3.05) is 31.1 Å². The van der Waals surface area contributed by atoms with Crippen LogP contribution in [0.3, 0.4) is 0 Å². The number of aryl methyl sites for hydroxylation is 1. The van der Waals surface area contributed by atoms with E-state index < -0.39 is 4.92 Å². The number of nitrogens with zero attached hydrogens (tertiary/aromatic N) is 7.